The Hall–Kier alpha value is -3.60. The Kier molecular flexibility index (Phi) is 8.77. The maximum absolute atomic E-state index is 6.05. The first kappa shape index (κ1) is 25.5. The third-order valence-electron chi connectivity index (χ3n) is 5.99. The standard InChI is InChI=1S/C32H36N2O2/c1-33(2)17-19-35-30-13-7-9-25(21-30)22-32(29-16-15-26-10-5-6-11-27(26)23-29)28-12-8-14-31(24-28)36-20-18-34(3)4/h5-16,21-24H,17-20H2,1-4H3/b32-22+. The third-order valence-corrected chi connectivity index (χ3v) is 5.99. The van der Waals surface area contributed by atoms with Crippen LogP contribution in [0.3, 0.4) is 0 Å². The molecule has 0 radical (unpaired) electrons. The molecule has 4 rings (SSSR count). The molecule has 0 unspecified atom stereocenters. The molecule has 0 N–H and O–H groups in total. The summed E-state index contributed by atoms with van der Waals surface area (Å²) in [7, 11) is 8.21. The maximum Gasteiger partial charge on any atom is 0.119 e. The van der Waals surface area contributed by atoms with Crippen LogP contribution in [0.4, 0.5) is 0 Å². The van der Waals surface area contributed by atoms with Crippen molar-refractivity contribution < 1.29 is 9.47 Å². The van der Waals surface area contributed by atoms with Crippen LogP contribution in [0.25, 0.3) is 22.4 Å². The van der Waals surface area contributed by atoms with Crippen molar-refractivity contribution >= 4 is 22.4 Å². The monoisotopic (exact) mass is 480 g/mol. The van der Waals surface area contributed by atoms with E-state index in [9.17, 15) is 0 Å². The molecule has 0 aliphatic rings. The van der Waals surface area contributed by atoms with E-state index in [2.05, 4.69) is 123 Å². The molecule has 4 aromatic rings. The molecule has 0 amide bonds. The van der Waals surface area contributed by atoms with Crippen LogP contribution in [-0.2, 0) is 0 Å². The lowest BCUT2D eigenvalue weighted by Gasteiger charge is -2.14. The predicted octanol–water partition coefficient (Wildman–Crippen LogP) is 6.31. The molecule has 186 valence electrons. The zero-order valence-corrected chi connectivity index (χ0v) is 21.8. The number of likely N-dealkylation sites (N-methyl/N-ethyl adjacent to an activating group) is 2. The van der Waals surface area contributed by atoms with Gasteiger partial charge in [-0.25, -0.2) is 0 Å². The van der Waals surface area contributed by atoms with Gasteiger partial charge in [0.25, 0.3) is 0 Å². The summed E-state index contributed by atoms with van der Waals surface area (Å²) in [5, 5.41) is 2.46. The fraction of sp³-hybridized carbons (Fsp3) is 0.250. The van der Waals surface area contributed by atoms with Gasteiger partial charge in [-0.1, -0.05) is 60.7 Å². The van der Waals surface area contributed by atoms with E-state index in [1.807, 2.05) is 12.1 Å². The fourth-order valence-electron chi connectivity index (χ4n) is 4.00. The first-order valence-electron chi connectivity index (χ1n) is 12.4. The normalized spacial score (nSPS) is 11.9. The van der Waals surface area contributed by atoms with Crippen LogP contribution in [0.15, 0.2) is 91.0 Å². The Bertz CT molecular complexity index is 1310. The van der Waals surface area contributed by atoms with E-state index in [1.54, 1.807) is 0 Å². The van der Waals surface area contributed by atoms with E-state index in [0.717, 1.165) is 46.9 Å². The molecule has 4 heteroatoms. The van der Waals surface area contributed by atoms with Crippen molar-refractivity contribution in [1.82, 2.24) is 9.80 Å². The molecule has 0 spiro atoms. The molecule has 0 aliphatic heterocycles. The van der Waals surface area contributed by atoms with E-state index < -0.39 is 0 Å². The van der Waals surface area contributed by atoms with Crippen LogP contribution in [0.1, 0.15) is 16.7 Å². The van der Waals surface area contributed by atoms with Gasteiger partial charge in [-0.15, -0.1) is 0 Å². The van der Waals surface area contributed by atoms with E-state index in [1.165, 1.54) is 10.8 Å². The summed E-state index contributed by atoms with van der Waals surface area (Å²) in [6.45, 7) is 3.06. The lowest BCUT2D eigenvalue weighted by molar-refractivity contribution is 0.261. The molecular weight excluding hydrogens is 444 g/mol. The molecule has 0 fully saturated rings. The topological polar surface area (TPSA) is 24.9 Å². The summed E-state index contributed by atoms with van der Waals surface area (Å²) in [6, 6.07) is 31.8. The number of rotatable bonds is 11. The summed E-state index contributed by atoms with van der Waals surface area (Å²) in [5.74, 6) is 1.76. The van der Waals surface area contributed by atoms with E-state index >= 15 is 0 Å². The van der Waals surface area contributed by atoms with Crippen LogP contribution in [0.5, 0.6) is 11.5 Å². The highest BCUT2D eigenvalue weighted by molar-refractivity contribution is 5.95. The first-order chi connectivity index (χ1) is 17.5. The lowest BCUT2D eigenvalue weighted by atomic mass is 9.93. The molecule has 4 nitrogen and oxygen atoms in total. The van der Waals surface area contributed by atoms with Crippen molar-refractivity contribution in [3.05, 3.63) is 108 Å². The van der Waals surface area contributed by atoms with E-state index in [-0.39, 0.29) is 0 Å². The van der Waals surface area contributed by atoms with Crippen molar-refractivity contribution in [3.63, 3.8) is 0 Å². The summed E-state index contributed by atoms with van der Waals surface area (Å²) in [4.78, 5) is 4.24. The molecule has 0 aromatic heterocycles. The Balaban J connectivity index is 1.70. The summed E-state index contributed by atoms with van der Waals surface area (Å²) < 4.78 is 12.0. The van der Waals surface area contributed by atoms with Crippen LogP contribution in [0.2, 0.25) is 0 Å². The van der Waals surface area contributed by atoms with Crippen molar-refractivity contribution in [1.29, 1.82) is 0 Å². The number of hydrogen-bond acceptors (Lipinski definition) is 4. The third kappa shape index (κ3) is 7.20. The number of benzene rings is 4. The Morgan fingerprint density at radius 2 is 1.22 bits per heavy atom. The molecule has 0 heterocycles. The zero-order chi connectivity index (χ0) is 25.3. The van der Waals surface area contributed by atoms with Crippen LogP contribution in [0, 0.1) is 0 Å². The summed E-state index contributed by atoms with van der Waals surface area (Å²) >= 11 is 0. The van der Waals surface area contributed by atoms with Gasteiger partial charge in [0.05, 0.1) is 0 Å². The maximum atomic E-state index is 6.05. The lowest BCUT2D eigenvalue weighted by Crippen LogP contribution is -2.19. The van der Waals surface area contributed by atoms with Gasteiger partial charge >= 0.3 is 0 Å². The van der Waals surface area contributed by atoms with Gasteiger partial charge in [0.1, 0.15) is 24.7 Å². The van der Waals surface area contributed by atoms with Crippen LogP contribution in [-0.4, -0.2) is 64.3 Å². The highest BCUT2D eigenvalue weighted by atomic mass is 16.5. The minimum atomic E-state index is 0.651. The van der Waals surface area contributed by atoms with Gasteiger partial charge in [-0.3, -0.25) is 0 Å². The minimum Gasteiger partial charge on any atom is -0.492 e. The Morgan fingerprint density at radius 3 is 1.92 bits per heavy atom. The largest absolute Gasteiger partial charge is 0.492 e. The van der Waals surface area contributed by atoms with E-state index in [0.29, 0.717) is 13.2 Å². The molecular formula is C32H36N2O2. The SMILES string of the molecule is CN(C)CCOc1cccc(/C=C(\c2cccc(OCCN(C)C)c2)c2ccc3ccccc3c2)c1. The Labute approximate surface area is 215 Å². The second kappa shape index (κ2) is 12.4. The highest BCUT2D eigenvalue weighted by Crippen LogP contribution is 2.31. The first-order valence-corrected chi connectivity index (χ1v) is 12.4. The van der Waals surface area contributed by atoms with Gasteiger partial charge in [0.2, 0.25) is 0 Å². The quantitative estimate of drug-likeness (QED) is 0.235. The second-order valence-corrected chi connectivity index (χ2v) is 9.52. The number of nitrogens with zero attached hydrogens (tertiary/aromatic N) is 2. The zero-order valence-electron chi connectivity index (χ0n) is 21.8. The number of ether oxygens (including phenoxy) is 2. The van der Waals surface area contributed by atoms with Gasteiger partial charge in [0, 0.05) is 13.1 Å². The second-order valence-electron chi connectivity index (χ2n) is 9.52. The Morgan fingerprint density at radius 1 is 0.611 bits per heavy atom. The minimum absolute atomic E-state index is 0.651. The van der Waals surface area contributed by atoms with Crippen molar-refractivity contribution in [3.8, 4) is 11.5 Å². The molecule has 0 aliphatic carbocycles. The van der Waals surface area contributed by atoms with Crippen molar-refractivity contribution in [2.45, 2.75) is 0 Å². The van der Waals surface area contributed by atoms with Crippen LogP contribution < -0.4 is 9.47 Å². The highest BCUT2D eigenvalue weighted by Gasteiger charge is 2.09. The predicted molar refractivity (Wildman–Crippen MR) is 152 cm³/mol. The smallest absolute Gasteiger partial charge is 0.119 e. The van der Waals surface area contributed by atoms with Gasteiger partial charge in [0.15, 0.2) is 0 Å². The van der Waals surface area contributed by atoms with Gasteiger partial charge in [-0.05, 0) is 97.6 Å². The fourth-order valence-corrected chi connectivity index (χ4v) is 4.00. The van der Waals surface area contributed by atoms with Crippen molar-refractivity contribution in [2.75, 3.05) is 54.5 Å². The van der Waals surface area contributed by atoms with Gasteiger partial charge < -0.3 is 19.3 Å². The molecule has 0 atom stereocenters. The number of hydrogen-bond donors (Lipinski definition) is 0. The van der Waals surface area contributed by atoms with Gasteiger partial charge in [-0.2, -0.15) is 0 Å². The molecule has 0 bridgehead atoms. The summed E-state index contributed by atoms with van der Waals surface area (Å²) in [5.41, 5.74) is 4.52. The van der Waals surface area contributed by atoms with Crippen molar-refractivity contribution in [2.24, 2.45) is 0 Å². The average molecular weight is 481 g/mol. The molecule has 4 aromatic carbocycles. The average Bonchev–Trinajstić information content (AvgIpc) is 2.87. The van der Waals surface area contributed by atoms with E-state index in [4.69, 9.17) is 9.47 Å². The molecule has 36 heavy (non-hydrogen) atoms. The number of fused-ring (bicyclic) bond motifs is 1. The molecule has 0 saturated heterocycles. The summed E-state index contributed by atoms with van der Waals surface area (Å²) in [6.07, 6.45) is 2.24. The van der Waals surface area contributed by atoms with Crippen LogP contribution >= 0.6 is 0 Å². The molecule has 0 saturated carbocycles.